The van der Waals surface area contributed by atoms with E-state index in [1.807, 2.05) is 36.4 Å². The molecule has 0 bridgehead atoms. The van der Waals surface area contributed by atoms with Gasteiger partial charge in [0, 0.05) is 47.7 Å². The van der Waals surface area contributed by atoms with Crippen molar-refractivity contribution in [1.29, 1.82) is 0 Å². The summed E-state index contributed by atoms with van der Waals surface area (Å²) in [6.07, 6.45) is 6.46. The van der Waals surface area contributed by atoms with E-state index in [1.165, 1.54) is 6.33 Å². The van der Waals surface area contributed by atoms with Crippen LogP contribution < -0.4 is 16.0 Å². The highest BCUT2D eigenvalue weighted by Crippen LogP contribution is 2.22. The molecule has 10 nitrogen and oxygen atoms in total. The fourth-order valence-electron chi connectivity index (χ4n) is 3.07. The molecule has 166 valence electrons. The number of hydrogen-bond acceptors (Lipinski definition) is 9. The molecule has 0 spiro atoms. The number of anilines is 5. The largest absolute Gasteiger partial charge is 0.355 e. The number of rotatable bonds is 7. The summed E-state index contributed by atoms with van der Waals surface area (Å²) in [6, 6.07) is 19.7. The van der Waals surface area contributed by atoms with E-state index in [9.17, 15) is 4.79 Å². The third-order valence-corrected chi connectivity index (χ3v) is 4.69. The van der Waals surface area contributed by atoms with Gasteiger partial charge >= 0.3 is 0 Å². The van der Waals surface area contributed by atoms with Gasteiger partial charge in [0.15, 0.2) is 11.5 Å². The molecule has 0 radical (unpaired) electrons. The van der Waals surface area contributed by atoms with Crippen molar-refractivity contribution in [2.45, 2.75) is 0 Å². The normalized spacial score (nSPS) is 10.5. The second kappa shape index (κ2) is 9.57. The van der Waals surface area contributed by atoms with Crippen molar-refractivity contribution in [3.8, 4) is 11.3 Å². The molecule has 10 heteroatoms. The van der Waals surface area contributed by atoms with Gasteiger partial charge in [-0.2, -0.15) is 0 Å². The second-order valence-corrected chi connectivity index (χ2v) is 7.10. The van der Waals surface area contributed by atoms with Crippen LogP contribution in [0.5, 0.6) is 0 Å². The molecule has 4 aromatic heterocycles. The molecule has 0 aliphatic carbocycles. The number of pyridine rings is 2. The van der Waals surface area contributed by atoms with Crippen LogP contribution in [0.3, 0.4) is 0 Å². The van der Waals surface area contributed by atoms with Crippen molar-refractivity contribution in [2.24, 2.45) is 0 Å². The molecule has 0 aliphatic heterocycles. The quantitative estimate of drug-likeness (QED) is 0.324. The number of amides is 1. The third kappa shape index (κ3) is 5.02. The average molecular weight is 450 g/mol. The maximum atomic E-state index is 12.5. The first kappa shape index (κ1) is 20.8. The number of nitrogens with zero attached hydrogens (tertiary/aromatic N) is 5. The Kier molecular flexibility index (Phi) is 5.84. The van der Waals surface area contributed by atoms with Gasteiger partial charge in [0.25, 0.3) is 5.91 Å². The van der Waals surface area contributed by atoms with Gasteiger partial charge in [-0.15, -0.1) is 0 Å². The predicted molar refractivity (Wildman–Crippen MR) is 127 cm³/mol. The van der Waals surface area contributed by atoms with E-state index in [1.54, 1.807) is 48.9 Å². The van der Waals surface area contributed by atoms with Crippen LogP contribution in [0, 0.1) is 0 Å². The first-order valence-electron chi connectivity index (χ1n) is 10.3. The summed E-state index contributed by atoms with van der Waals surface area (Å²) in [5, 5.41) is 13.0. The van der Waals surface area contributed by atoms with Gasteiger partial charge in [0.05, 0.1) is 0 Å². The highest BCUT2D eigenvalue weighted by Gasteiger charge is 2.14. The van der Waals surface area contributed by atoms with Crippen LogP contribution in [-0.4, -0.2) is 31.0 Å². The van der Waals surface area contributed by atoms with Crippen molar-refractivity contribution in [3.63, 3.8) is 0 Å². The molecule has 3 N–H and O–H groups in total. The van der Waals surface area contributed by atoms with Crippen LogP contribution in [0.1, 0.15) is 10.5 Å². The van der Waals surface area contributed by atoms with Crippen LogP contribution in [0.4, 0.5) is 28.8 Å². The lowest BCUT2D eigenvalue weighted by atomic mass is 10.2. The van der Waals surface area contributed by atoms with Crippen LogP contribution >= 0.6 is 0 Å². The minimum Gasteiger partial charge on any atom is -0.355 e. The van der Waals surface area contributed by atoms with E-state index in [0.717, 1.165) is 11.3 Å². The molecule has 5 aromatic rings. The van der Waals surface area contributed by atoms with Gasteiger partial charge < -0.3 is 20.5 Å². The van der Waals surface area contributed by atoms with Crippen molar-refractivity contribution in [3.05, 3.63) is 97.3 Å². The van der Waals surface area contributed by atoms with Gasteiger partial charge in [-0.3, -0.25) is 9.78 Å². The zero-order valence-electron chi connectivity index (χ0n) is 17.7. The summed E-state index contributed by atoms with van der Waals surface area (Å²) in [6.45, 7) is 0. The van der Waals surface area contributed by atoms with Crippen LogP contribution in [0.25, 0.3) is 11.3 Å². The number of carbonyl (C=O) groups excluding carboxylic acids is 1. The number of aromatic nitrogens is 5. The lowest BCUT2D eigenvalue weighted by molar-refractivity contribution is 0.101. The molecule has 0 saturated carbocycles. The minimum absolute atomic E-state index is 0.176. The zero-order chi connectivity index (χ0) is 23.2. The summed E-state index contributed by atoms with van der Waals surface area (Å²) in [4.78, 5) is 29.2. The Morgan fingerprint density at radius 1 is 0.765 bits per heavy atom. The number of benzene rings is 1. The molecule has 0 saturated heterocycles. The molecule has 0 aliphatic rings. The second-order valence-electron chi connectivity index (χ2n) is 7.10. The molecular formula is C24H18N8O2. The SMILES string of the molecule is O=C(Nc1ccc(Nc2cc(Nc3ccccn3)ncn2)cc1)c1cc(-c2cccnc2)on1. The van der Waals surface area contributed by atoms with Crippen molar-refractivity contribution >= 4 is 34.7 Å². The number of carbonyl (C=O) groups is 1. The molecule has 0 atom stereocenters. The van der Waals surface area contributed by atoms with Gasteiger partial charge in [-0.25, -0.2) is 15.0 Å². The minimum atomic E-state index is -0.374. The topological polar surface area (TPSA) is 131 Å². The lowest BCUT2D eigenvalue weighted by Crippen LogP contribution is -2.12. The molecule has 5 rings (SSSR count). The van der Waals surface area contributed by atoms with E-state index >= 15 is 0 Å². The first-order chi connectivity index (χ1) is 16.7. The molecule has 0 unspecified atom stereocenters. The summed E-state index contributed by atoms with van der Waals surface area (Å²) in [5.41, 5.74) is 2.32. The fraction of sp³-hybridized carbons (Fsp3) is 0. The number of nitrogens with one attached hydrogen (secondary N) is 3. The van der Waals surface area contributed by atoms with Gasteiger partial charge in [-0.05, 0) is 48.5 Å². The highest BCUT2D eigenvalue weighted by molar-refractivity contribution is 6.03. The predicted octanol–water partition coefficient (Wildman–Crippen LogP) is 4.66. The molecule has 1 aromatic carbocycles. The van der Waals surface area contributed by atoms with Gasteiger partial charge in [0.2, 0.25) is 0 Å². The van der Waals surface area contributed by atoms with E-state index < -0.39 is 0 Å². The first-order valence-corrected chi connectivity index (χ1v) is 10.3. The Morgan fingerprint density at radius 3 is 2.35 bits per heavy atom. The van der Waals surface area contributed by atoms with Crippen molar-refractivity contribution < 1.29 is 9.32 Å². The maximum Gasteiger partial charge on any atom is 0.277 e. The summed E-state index contributed by atoms with van der Waals surface area (Å²) in [5.74, 6) is 2.00. The fourth-order valence-corrected chi connectivity index (χ4v) is 3.07. The third-order valence-electron chi connectivity index (χ3n) is 4.69. The van der Waals surface area contributed by atoms with E-state index in [2.05, 4.69) is 41.0 Å². The molecule has 0 fully saturated rings. The van der Waals surface area contributed by atoms with E-state index in [-0.39, 0.29) is 11.6 Å². The Balaban J connectivity index is 1.21. The maximum absolute atomic E-state index is 12.5. The average Bonchev–Trinajstić information content (AvgIpc) is 3.37. The highest BCUT2D eigenvalue weighted by atomic mass is 16.5. The van der Waals surface area contributed by atoms with Crippen LogP contribution in [0.2, 0.25) is 0 Å². The monoisotopic (exact) mass is 450 g/mol. The van der Waals surface area contributed by atoms with E-state index in [0.29, 0.717) is 28.9 Å². The molecule has 4 heterocycles. The number of hydrogen-bond donors (Lipinski definition) is 3. The Bertz CT molecular complexity index is 1390. The van der Waals surface area contributed by atoms with Crippen molar-refractivity contribution in [1.82, 2.24) is 25.1 Å². The van der Waals surface area contributed by atoms with E-state index in [4.69, 9.17) is 4.52 Å². The smallest absolute Gasteiger partial charge is 0.277 e. The molecular weight excluding hydrogens is 432 g/mol. The standard InChI is InChI=1S/C24H18N8O2/c33-24(19-12-20(34-32-19)16-4-3-10-25-14-16)30-18-8-6-17(7-9-18)29-22-13-23(28-15-27-22)31-21-5-1-2-11-26-21/h1-15H,(H,30,33)(H2,26,27,28,29,31). The lowest BCUT2D eigenvalue weighted by Gasteiger charge is -2.09. The summed E-state index contributed by atoms with van der Waals surface area (Å²) >= 11 is 0. The summed E-state index contributed by atoms with van der Waals surface area (Å²) in [7, 11) is 0. The van der Waals surface area contributed by atoms with Gasteiger partial charge in [0.1, 0.15) is 23.8 Å². The zero-order valence-corrected chi connectivity index (χ0v) is 17.7. The van der Waals surface area contributed by atoms with Crippen LogP contribution in [0.15, 0.2) is 96.2 Å². The Morgan fingerprint density at radius 2 is 1.59 bits per heavy atom. The Labute approximate surface area is 194 Å². The van der Waals surface area contributed by atoms with Crippen LogP contribution in [-0.2, 0) is 0 Å². The molecule has 34 heavy (non-hydrogen) atoms. The van der Waals surface area contributed by atoms with Gasteiger partial charge in [-0.1, -0.05) is 11.2 Å². The Hall–Kier alpha value is -5.12. The van der Waals surface area contributed by atoms with Crippen molar-refractivity contribution in [2.75, 3.05) is 16.0 Å². The summed E-state index contributed by atoms with van der Waals surface area (Å²) < 4.78 is 5.26. The molecule has 1 amide bonds.